The number of aromatic hydroxyl groups is 1. The minimum absolute atomic E-state index is 0.141. The van der Waals surface area contributed by atoms with Crippen molar-refractivity contribution in [2.75, 3.05) is 0 Å². The van der Waals surface area contributed by atoms with Gasteiger partial charge in [0.25, 0.3) is 0 Å². The monoisotopic (exact) mass is 404 g/mol. The second kappa shape index (κ2) is 8.88. The zero-order chi connectivity index (χ0) is 18.6. The molecule has 5 heteroatoms. The van der Waals surface area contributed by atoms with Crippen LogP contribution in [0.25, 0.3) is 6.08 Å². The third kappa shape index (κ3) is 5.60. The van der Waals surface area contributed by atoms with E-state index in [0.717, 1.165) is 39.6 Å². The van der Waals surface area contributed by atoms with Crippen molar-refractivity contribution >= 4 is 29.1 Å². The predicted octanol–water partition coefficient (Wildman–Crippen LogP) is 5.36. The summed E-state index contributed by atoms with van der Waals surface area (Å²) < 4.78 is 6.69. The van der Waals surface area contributed by atoms with E-state index in [-0.39, 0.29) is 11.9 Å². The molecule has 0 radical (unpaired) electrons. The Morgan fingerprint density at radius 3 is 2.88 bits per heavy atom. The second-order valence-electron chi connectivity index (χ2n) is 6.89. The maximum Gasteiger partial charge on any atom is 0.458 e. The number of hydrogen-bond acceptors (Lipinski definition) is 3. The first-order valence-electron chi connectivity index (χ1n) is 8.66. The Balaban J connectivity index is 2.08. The van der Waals surface area contributed by atoms with Crippen LogP contribution in [0.4, 0.5) is 0 Å². The summed E-state index contributed by atoms with van der Waals surface area (Å²) in [5, 5.41) is 19.8. The Morgan fingerprint density at radius 1 is 1.48 bits per heavy atom. The smallest absolute Gasteiger partial charge is 0.458 e. The number of allylic oxidation sites excluding steroid dienone is 2. The molecule has 25 heavy (non-hydrogen) atoms. The van der Waals surface area contributed by atoms with Crippen LogP contribution in [-0.4, -0.2) is 23.4 Å². The minimum atomic E-state index is -0.743. The molecule has 2 N–H and O–H groups in total. The predicted molar refractivity (Wildman–Crippen MR) is 108 cm³/mol. The highest BCUT2D eigenvalue weighted by Gasteiger charge is 2.28. The molecule has 0 saturated carbocycles. The van der Waals surface area contributed by atoms with E-state index in [9.17, 15) is 10.1 Å². The molecule has 0 aromatic heterocycles. The van der Waals surface area contributed by atoms with Crippen LogP contribution >= 0.6 is 15.9 Å². The van der Waals surface area contributed by atoms with Crippen LogP contribution in [0.15, 0.2) is 52.0 Å². The number of hydrogen-bond donors (Lipinski definition) is 2. The van der Waals surface area contributed by atoms with Crippen molar-refractivity contribution in [1.82, 2.24) is 0 Å². The molecule has 0 fully saturated rings. The largest absolute Gasteiger partial charge is 0.507 e. The van der Waals surface area contributed by atoms with Crippen molar-refractivity contribution in [3.05, 3.63) is 57.6 Å². The van der Waals surface area contributed by atoms with Gasteiger partial charge in [0.05, 0.1) is 6.10 Å². The van der Waals surface area contributed by atoms with E-state index in [1.165, 1.54) is 0 Å². The molecule has 0 saturated heterocycles. The van der Waals surface area contributed by atoms with Crippen molar-refractivity contribution in [1.29, 1.82) is 0 Å². The molecule has 0 aliphatic carbocycles. The standard InChI is InChI=1S/C20H26BBrO3/c1-13(2)15(4)18-9-10-21(24)25-20(18)8-5-14(3)11-16-12-17(22)6-7-19(16)23/h6-7,9,11-13,20,23-24H,4-5,8,10H2,1-3H3/b14-11+. The van der Waals surface area contributed by atoms with Crippen molar-refractivity contribution < 1.29 is 14.8 Å². The number of halogens is 1. The zero-order valence-corrected chi connectivity index (χ0v) is 16.7. The van der Waals surface area contributed by atoms with E-state index in [1.54, 1.807) is 6.07 Å². The van der Waals surface area contributed by atoms with Gasteiger partial charge in [-0.25, -0.2) is 0 Å². The van der Waals surface area contributed by atoms with Gasteiger partial charge in [-0.15, -0.1) is 0 Å². The first-order chi connectivity index (χ1) is 11.8. The van der Waals surface area contributed by atoms with Gasteiger partial charge >= 0.3 is 7.12 Å². The molecule has 1 aromatic rings. The number of phenols is 1. The molecule has 1 unspecified atom stereocenters. The third-order valence-electron chi connectivity index (χ3n) is 4.47. The fourth-order valence-electron chi connectivity index (χ4n) is 2.91. The average molecular weight is 405 g/mol. The molecule has 2 rings (SSSR count). The molecular formula is C20H26BBrO3. The Labute approximate surface area is 159 Å². The van der Waals surface area contributed by atoms with E-state index >= 15 is 0 Å². The van der Waals surface area contributed by atoms with Gasteiger partial charge < -0.3 is 14.8 Å². The summed E-state index contributed by atoms with van der Waals surface area (Å²) >= 11 is 3.43. The van der Waals surface area contributed by atoms with Gasteiger partial charge in [-0.05, 0) is 55.0 Å². The van der Waals surface area contributed by atoms with Crippen LogP contribution < -0.4 is 0 Å². The summed E-state index contributed by atoms with van der Waals surface area (Å²) in [4.78, 5) is 0. The summed E-state index contributed by atoms with van der Waals surface area (Å²) in [5.41, 5.74) is 4.12. The van der Waals surface area contributed by atoms with Crippen molar-refractivity contribution in [2.45, 2.75) is 46.0 Å². The molecule has 0 amide bonds. The Kier molecular flexibility index (Phi) is 7.11. The van der Waals surface area contributed by atoms with Crippen LogP contribution in [0.3, 0.4) is 0 Å². The lowest BCUT2D eigenvalue weighted by atomic mass is 9.76. The summed E-state index contributed by atoms with van der Waals surface area (Å²) in [5.74, 6) is 0.614. The van der Waals surface area contributed by atoms with E-state index in [4.69, 9.17) is 4.65 Å². The maximum atomic E-state index is 9.97. The molecule has 3 nitrogen and oxygen atoms in total. The van der Waals surface area contributed by atoms with E-state index in [2.05, 4.69) is 42.4 Å². The van der Waals surface area contributed by atoms with E-state index in [1.807, 2.05) is 25.1 Å². The normalized spacial score (nSPS) is 18.5. The Bertz CT molecular complexity index is 694. The molecule has 1 aliphatic rings. The molecule has 0 spiro atoms. The minimum Gasteiger partial charge on any atom is -0.507 e. The average Bonchev–Trinajstić information content (AvgIpc) is 2.55. The second-order valence-corrected chi connectivity index (χ2v) is 7.80. The SMILES string of the molecule is C=C(C1=CCB(O)OC1CC/C(C)=C/c1cc(Br)ccc1O)C(C)C. The zero-order valence-electron chi connectivity index (χ0n) is 15.1. The molecule has 0 bridgehead atoms. The van der Waals surface area contributed by atoms with Crippen molar-refractivity contribution in [3.8, 4) is 5.75 Å². The lowest BCUT2D eigenvalue weighted by molar-refractivity contribution is 0.182. The first kappa shape index (κ1) is 20.0. The van der Waals surface area contributed by atoms with Crippen LogP contribution in [0.2, 0.25) is 6.32 Å². The molecular weight excluding hydrogens is 379 g/mol. The number of benzene rings is 1. The molecule has 134 valence electrons. The summed E-state index contributed by atoms with van der Waals surface area (Å²) in [6, 6.07) is 5.39. The topological polar surface area (TPSA) is 49.7 Å². The quantitative estimate of drug-likeness (QED) is 0.627. The van der Waals surface area contributed by atoms with Crippen molar-refractivity contribution in [3.63, 3.8) is 0 Å². The van der Waals surface area contributed by atoms with Crippen molar-refractivity contribution in [2.24, 2.45) is 5.92 Å². The van der Waals surface area contributed by atoms with Crippen LogP contribution in [0.1, 0.15) is 39.2 Å². The fourth-order valence-corrected chi connectivity index (χ4v) is 3.29. The number of phenolic OH excluding ortho intramolecular Hbond substituents is 1. The summed E-state index contributed by atoms with van der Waals surface area (Å²) in [7, 11) is -0.743. The maximum absolute atomic E-state index is 9.97. The molecule has 1 heterocycles. The highest BCUT2D eigenvalue weighted by atomic mass is 79.9. The molecule has 1 atom stereocenters. The van der Waals surface area contributed by atoms with Crippen LogP contribution in [0, 0.1) is 5.92 Å². The first-order valence-corrected chi connectivity index (χ1v) is 9.45. The summed E-state index contributed by atoms with van der Waals surface area (Å²) in [6.07, 6.45) is 5.99. The number of rotatable bonds is 6. The van der Waals surface area contributed by atoms with Crippen LogP contribution in [-0.2, 0) is 4.65 Å². The third-order valence-corrected chi connectivity index (χ3v) is 4.96. The van der Waals surface area contributed by atoms with Gasteiger partial charge in [0.2, 0.25) is 0 Å². The highest BCUT2D eigenvalue weighted by molar-refractivity contribution is 9.10. The van der Waals surface area contributed by atoms with Gasteiger partial charge in [0.1, 0.15) is 5.75 Å². The van der Waals surface area contributed by atoms with E-state index < -0.39 is 7.12 Å². The van der Waals surface area contributed by atoms with Gasteiger partial charge in [-0.3, -0.25) is 0 Å². The summed E-state index contributed by atoms with van der Waals surface area (Å²) in [6.45, 7) is 10.5. The van der Waals surface area contributed by atoms with Gasteiger partial charge in [0.15, 0.2) is 0 Å². The highest BCUT2D eigenvalue weighted by Crippen LogP contribution is 2.31. The lowest BCUT2D eigenvalue weighted by Gasteiger charge is -2.29. The Hall–Kier alpha value is -1.30. The van der Waals surface area contributed by atoms with Gasteiger partial charge in [-0.1, -0.05) is 54.1 Å². The molecule has 1 aromatic carbocycles. The van der Waals surface area contributed by atoms with Crippen LogP contribution in [0.5, 0.6) is 5.75 Å². The van der Waals surface area contributed by atoms with Gasteiger partial charge in [-0.2, -0.15) is 0 Å². The Morgan fingerprint density at radius 2 is 2.20 bits per heavy atom. The van der Waals surface area contributed by atoms with Gasteiger partial charge in [0, 0.05) is 16.4 Å². The lowest BCUT2D eigenvalue weighted by Crippen LogP contribution is -2.32. The molecule has 1 aliphatic heterocycles. The fraction of sp³-hybridized carbons (Fsp3) is 0.400. The van der Waals surface area contributed by atoms with E-state index in [0.29, 0.717) is 12.2 Å².